The lowest BCUT2D eigenvalue weighted by Gasteiger charge is -2.28. The van der Waals surface area contributed by atoms with Crippen molar-refractivity contribution in [2.75, 3.05) is 13.2 Å². The maximum atomic E-state index is 9.30. The van der Waals surface area contributed by atoms with E-state index in [0.29, 0.717) is 17.4 Å². The zero-order valence-electron chi connectivity index (χ0n) is 10.0. The van der Waals surface area contributed by atoms with E-state index >= 15 is 0 Å². The van der Waals surface area contributed by atoms with Crippen LogP contribution in [-0.4, -0.2) is 18.3 Å². The molecule has 1 atom stereocenters. The second-order valence-corrected chi connectivity index (χ2v) is 5.39. The average Bonchev–Trinajstić information content (AvgIpc) is 2.19. The van der Waals surface area contributed by atoms with Crippen LogP contribution in [0.2, 0.25) is 5.02 Å². The molecule has 0 aromatic heterocycles. The van der Waals surface area contributed by atoms with Crippen LogP contribution in [-0.2, 0) is 0 Å². The molecule has 0 bridgehead atoms. The first-order valence-corrected chi connectivity index (χ1v) is 5.81. The van der Waals surface area contributed by atoms with Crippen molar-refractivity contribution in [3.05, 3.63) is 29.3 Å². The van der Waals surface area contributed by atoms with Gasteiger partial charge in [0.2, 0.25) is 0 Å². The molecule has 1 aromatic carbocycles. The topological polar surface area (TPSA) is 29.5 Å². The molecule has 0 aliphatic carbocycles. The van der Waals surface area contributed by atoms with Gasteiger partial charge in [-0.05, 0) is 17.5 Å². The Bertz CT molecular complexity index is 331. The molecule has 1 N–H and O–H groups in total. The van der Waals surface area contributed by atoms with Gasteiger partial charge in [0, 0.05) is 12.5 Å². The second-order valence-electron chi connectivity index (χ2n) is 4.99. The molecular weight excluding hydrogens is 224 g/mol. The largest absolute Gasteiger partial charge is 0.492 e. The number of rotatable bonds is 4. The van der Waals surface area contributed by atoms with E-state index in [2.05, 4.69) is 20.8 Å². The quantitative estimate of drug-likeness (QED) is 0.877. The molecular formula is C13H19ClO2. The predicted molar refractivity (Wildman–Crippen MR) is 67.0 cm³/mol. The minimum atomic E-state index is 0.0238. The van der Waals surface area contributed by atoms with Gasteiger partial charge in [0.1, 0.15) is 5.75 Å². The summed E-state index contributed by atoms with van der Waals surface area (Å²) in [6, 6.07) is 7.37. The lowest BCUT2D eigenvalue weighted by molar-refractivity contribution is 0.0818. The summed E-state index contributed by atoms with van der Waals surface area (Å²) in [6.45, 7) is 6.86. The normalized spacial score (nSPS) is 13.6. The number of aliphatic hydroxyl groups is 1. The maximum Gasteiger partial charge on any atom is 0.137 e. The molecule has 0 heterocycles. The third kappa shape index (κ3) is 3.69. The van der Waals surface area contributed by atoms with E-state index in [1.165, 1.54) is 0 Å². The van der Waals surface area contributed by atoms with Crippen molar-refractivity contribution in [2.24, 2.45) is 11.3 Å². The van der Waals surface area contributed by atoms with Gasteiger partial charge < -0.3 is 9.84 Å². The summed E-state index contributed by atoms with van der Waals surface area (Å²) in [4.78, 5) is 0. The van der Waals surface area contributed by atoms with E-state index in [9.17, 15) is 5.11 Å². The molecule has 16 heavy (non-hydrogen) atoms. The molecule has 0 amide bonds. The van der Waals surface area contributed by atoms with Gasteiger partial charge in [-0.25, -0.2) is 0 Å². The fourth-order valence-electron chi connectivity index (χ4n) is 1.33. The van der Waals surface area contributed by atoms with Crippen LogP contribution in [0.1, 0.15) is 20.8 Å². The molecule has 1 unspecified atom stereocenters. The van der Waals surface area contributed by atoms with Gasteiger partial charge in [0.25, 0.3) is 0 Å². The molecule has 1 rings (SSSR count). The summed E-state index contributed by atoms with van der Waals surface area (Å²) in [5.74, 6) is 0.774. The highest BCUT2D eigenvalue weighted by atomic mass is 35.5. The van der Waals surface area contributed by atoms with Crippen LogP contribution < -0.4 is 4.74 Å². The fourth-order valence-corrected chi connectivity index (χ4v) is 1.52. The van der Waals surface area contributed by atoms with Gasteiger partial charge >= 0.3 is 0 Å². The van der Waals surface area contributed by atoms with E-state index in [4.69, 9.17) is 16.3 Å². The monoisotopic (exact) mass is 242 g/mol. The summed E-state index contributed by atoms with van der Waals surface area (Å²) < 4.78 is 5.62. The Kier molecular flexibility index (Phi) is 4.63. The lowest BCUT2D eigenvalue weighted by Crippen LogP contribution is -2.29. The zero-order valence-corrected chi connectivity index (χ0v) is 10.8. The first-order chi connectivity index (χ1) is 7.45. The summed E-state index contributed by atoms with van der Waals surface area (Å²) in [5.41, 5.74) is 0.0238. The molecule has 90 valence electrons. The number of aliphatic hydroxyl groups excluding tert-OH is 1. The number of ether oxygens (including phenoxy) is 1. The van der Waals surface area contributed by atoms with E-state index < -0.39 is 0 Å². The van der Waals surface area contributed by atoms with Gasteiger partial charge in [-0.15, -0.1) is 0 Å². The highest BCUT2D eigenvalue weighted by Crippen LogP contribution is 2.28. The zero-order chi connectivity index (χ0) is 12.2. The minimum absolute atomic E-state index is 0.0238. The van der Waals surface area contributed by atoms with E-state index in [1.807, 2.05) is 18.2 Å². The van der Waals surface area contributed by atoms with Gasteiger partial charge in [-0.3, -0.25) is 0 Å². The smallest absolute Gasteiger partial charge is 0.137 e. The van der Waals surface area contributed by atoms with E-state index in [0.717, 1.165) is 0 Å². The average molecular weight is 243 g/mol. The maximum absolute atomic E-state index is 9.30. The molecule has 0 spiro atoms. The third-order valence-electron chi connectivity index (χ3n) is 2.72. The number of para-hydroxylation sites is 1. The third-order valence-corrected chi connectivity index (χ3v) is 3.03. The molecule has 0 aliphatic rings. The minimum Gasteiger partial charge on any atom is -0.492 e. The van der Waals surface area contributed by atoms with Crippen LogP contribution in [0, 0.1) is 11.3 Å². The number of halogens is 1. The van der Waals surface area contributed by atoms with Crippen molar-refractivity contribution in [3.8, 4) is 5.75 Å². The lowest BCUT2D eigenvalue weighted by atomic mass is 9.82. The van der Waals surface area contributed by atoms with Gasteiger partial charge in [0.05, 0.1) is 11.6 Å². The Morgan fingerprint density at radius 2 is 1.94 bits per heavy atom. The van der Waals surface area contributed by atoms with Gasteiger partial charge in [-0.2, -0.15) is 0 Å². The Morgan fingerprint density at radius 1 is 1.31 bits per heavy atom. The summed E-state index contributed by atoms with van der Waals surface area (Å²) >= 11 is 5.98. The van der Waals surface area contributed by atoms with Crippen molar-refractivity contribution in [1.82, 2.24) is 0 Å². The Hall–Kier alpha value is -0.730. The summed E-state index contributed by atoms with van der Waals surface area (Å²) in [6.07, 6.45) is 0. The van der Waals surface area contributed by atoms with E-state index in [1.54, 1.807) is 6.07 Å². The molecule has 3 heteroatoms. The van der Waals surface area contributed by atoms with Crippen molar-refractivity contribution in [1.29, 1.82) is 0 Å². The number of hydrogen-bond donors (Lipinski definition) is 1. The molecule has 0 fully saturated rings. The van der Waals surface area contributed by atoms with Crippen LogP contribution in [0.5, 0.6) is 5.75 Å². The fraction of sp³-hybridized carbons (Fsp3) is 0.538. The van der Waals surface area contributed by atoms with Gasteiger partial charge in [-0.1, -0.05) is 44.5 Å². The van der Waals surface area contributed by atoms with Crippen molar-refractivity contribution >= 4 is 11.6 Å². The molecule has 1 aromatic rings. The van der Waals surface area contributed by atoms with Crippen molar-refractivity contribution in [3.63, 3.8) is 0 Å². The SMILES string of the molecule is CC(C)(C)C(CO)COc1ccccc1Cl. The van der Waals surface area contributed by atoms with Crippen LogP contribution in [0.15, 0.2) is 24.3 Å². The Labute approximate surface area is 102 Å². The van der Waals surface area contributed by atoms with Crippen LogP contribution >= 0.6 is 11.6 Å². The molecule has 0 saturated heterocycles. The van der Waals surface area contributed by atoms with Crippen LogP contribution in [0.3, 0.4) is 0 Å². The molecule has 0 saturated carbocycles. The molecule has 0 aliphatic heterocycles. The Balaban J connectivity index is 2.60. The number of benzene rings is 1. The highest BCUT2D eigenvalue weighted by molar-refractivity contribution is 6.32. The van der Waals surface area contributed by atoms with Crippen molar-refractivity contribution in [2.45, 2.75) is 20.8 Å². The predicted octanol–water partition coefficient (Wildman–Crippen LogP) is 3.37. The highest BCUT2D eigenvalue weighted by Gasteiger charge is 2.24. The molecule has 0 radical (unpaired) electrons. The second kappa shape index (κ2) is 5.55. The van der Waals surface area contributed by atoms with Crippen LogP contribution in [0.25, 0.3) is 0 Å². The first-order valence-electron chi connectivity index (χ1n) is 5.43. The summed E-state index contributed by atoms with van der Waals surface area (Å²) in [5, 5.41) is 9.90. The number of hydrogen-bond acceptors (Lipinski definition) is 2. The standard InChI is InChI=1S/C13H19ClO2/c1-13(2,3)10(8-15)9-16-12-7-5-4-6-11(12)14/h4-7,10,15H,8-9H2,1-3H3. The van der Waals surface area contributed by atoms with Crippen LogP contribution in [0.4, 0.5) is 0 Å². The summed E-state index contributed by atoms with van der Waals surface area (Å²) in [7, 11) is 0. The van der Waals surface area contributed by atoms with E-state index in [-0.39, 0.29) is 17.9 Å². The first kappa shape index (κ1) is 13.3. The van der Waals surface area contributed by atoms with Crippen molar-refractivity contribution < 1.29 is 9.84 Å². The van der Waals surface area contributed by atoms with Gasteiger partial charge in [0.15, 0.2) is 0 Å². The Morgan fingerprint density at radius 3 is 2.44 bits per heavy atom. The molecule has 2 nitrogen and oxygen atoms in total.